The molecule has 0 spiro atoms. The largest absolute Gasteiger partial charge is 0.496 e. The van der Waals surface area contributed by atoms with E-state index < -0.39 is 0 Å². The van der Waals surface area contributed by atoms with E-state index in [1.165, 1.54) is 5.56 Å². The second kappa shape index (κ2) is 7.31. The average Bonchev–Trinajstić information content (AvgIpc) is 2.45. The first-order chi connectivity index (χ1) is 10.9. The number of hydrogen-bond acceptors (Lipinski definition) is 5. The molecule has 124 valence electrons. The minimum Gasteiger partial charge on any atom is -0.496 e. The van der Waals surface area contributed by atoms with Crippen LogP contribution in [0.1, 0.15) is 32.0 Å². The molecule has 5 nitrogen and oxygen atoms in total. The van der Waals surface area contributed by atoms with Crippen molar-refractivity contribution < 1.29 is 4.74 Å². The van der Waals surface area contributed by atoms with Crippen LogP contribution >= 0.6 is 0 Å². The van der Waals surface area contributed by atoms with Crippen molar-refractivity contribution in [2.24, 2.45) is 0 Å². The summed E-state index contributed by atoms with van der Waals surface area (Å²) in [6.45, 7) is 9.05. The lowest BCUT2D eigenvalue weighted by Crippen LogP contribution is -2.27. The van der Waals surface area contributed by atoms with Crippen LogP contribution in [-0.4, -0.2) is 29.2 Å². The molecule has 0 bridgehead atoms. The molecule has 2 N–H and O–H groups in total. The van der Waals surface area contributed by atoms with Gasteiger partial charge in [0.25, 0.3) is 0 Å². The van der Waals surface area contributed by atoms with Gasteiger partial charge in [-0.3, -0.25) is 0 Å². The van der Waals surface area contributed by atoms with Gasteiger partial charge in [0.1, 0.15) is 11.6 Å². The van der Waals surface area contributed by atoms with E-state index in [2.05, 4.69) is 47.4 Å². The zero-order valence-corrected chi connectivity index (χ0v) is 14.6. The highest BCUT2D eigenvalue weighted by atomic mass is 16.5. The number of benzene rings is 1. The van der Waals surface area contributed by atoms with Gasteiger partial charge in [0.2, 0.25) is 5.95 Å². The molecule has 0 aliphatic rings. The van der Waals surface area contributed by atoms with Crippen molar-refractivity contribution >= 4 is 11.8 Å². The molecule has 0 fully saturated rings. The molecule has 5 heteroatoms. The van der Waals surface area contributed by atoms with Crippen LogP contribution in [0, 0.1) is 6.92 Å². The molecule has 23 heavy (non-hydrogen) atoms. The third kappa shape index (κ3) is 5.43. The van der Waals surface area contributed by atoms with E-state index in [4.69, 9.17) is 4.74 Å². The van der Waals surface area contributed by atoms with E-state index in [0.717, 1.165) is 30.2 Å². The summed E-state index contributed by atoms with van der Waals surface area (Å²) in [5.74, 6) is 2.39. The summed E-state index contributed by atoms with van der Waals surface area (Å²) in [5, 5.41) is 6.67. The van der Waals surface area contributed by atoms with Gasteiger partial charge in [0.05, 0.1) is 7.11 Å². The number of hydrogen-bond donors (Lipinski definition) is 2. The van der Waals surface area contributed by atoms with Crippen LogP contribution in [0.5, 0.6) is 5.75 Å². The minimum atomic E-state index is -0.0323. The summed E-state index contributed by atoms with van der Waals surface area (Å²) in [7, 11) is 1.69. The standard InChI is InChI=1S/C18H26N4O/c1-13-12-16(22-18(2,3)4)21-17(20-13)19-11-10-14-8-6-7-9-15(14)23-5/h6-9,12H,10-11H2,1-5H3,(H2,19,20,21,22). The topological polar surface area (TPSA) is 59.1 Å². The Morgan fingerprint density at radius 3 is 2.57 bits per heavy atom. The van der Waals surface area contributed by atoms with Crippen molar-refractivity contribution in [1.82, 2.24) is 9.97 Å². The van der Waals surface area contributed by atoms with E-state index in [-0.39, 0.29) is 5.54 Å². The van der Waals surface area contributed by atoms with Crippen LogP contribution in [-0.2, 0) is 6.42 Å². The number of aryl methyl sites for hydroxylation is 1. The van der Waals surface area contributed by atoms with Crippen molar-refractivity contribution in [2.75, 3.05) is 24.3 Å². The third-order valence-corrected chi connectivity index (χ3v) is 3.23. The first-order valence-corrected chi connectivity index (χ1v) is 7.87. The molecule has 1 aromatic carbocycles. The van der Waals surface area contributed by atoms with Gasteiger partial charge in [-0.25, -0.2) is 4.98 Å². The fourth-order valence-electron chi connectivity index (χ4n) is 2.31. The van der Waals surface area contributed by atoms with Gasteiger partial charge in [0.15, 0.2) is 0 Å². The normalized spacial score (nSPS) is 11.2. The molecule has 1 aromatic heterocycles. The molecule has 2 rings (SSSR count). The van der Waals surface area contributed by atoms with Crippen molar-refractivity contribution in [2.45, 2.75) is 39.7 Å². The van der Waals surface area contributed by atoms with Crippen molar-refractivity contribution in [3.05, 3.63) is 41.6 Å². The molecular weight excluding hydrogens is 288 g/mol. The molecule has 2 aromatic rings. The summed E-state index contributed by atoms with van der Waals surface area (Å²) >= 11 is 0. The Kier molecular flexibility index (Phi) is 5.42. The monoisotopic (exact) mass is 314 g/mol. The number of aromatic nitrogens is 2. The lowest BCUT2D eigenvalue weighted by Gasteiger charge is -2.21. The highest BCUT2D eigenvalue weighted by molar-refractivity contribution is 5.44. The summed E-state index contributed by atoms with van der Waals surface area (Å²) in [4.78, 5) is 8.97. The highest BCUT2D eigenvalue weighted by Gasteiger charge is 2.11. The molecule has 0 aliphatic carbocycles. The predicted molar refractivity (Wildman–Crippen MR) is 95.3 cm³/mol. The number of anilines is 2. The number of rotatable bonds is 6. The third-order valence-electron chi connectivity index (χ3n) is 3.23. The Hall–Kier alpha value is -2.30. The van der Waals surface area contributed by atoms with Gasteiger partial charge in [-0.15, -0.1) is 0 Å². The Balaban J connectivity index is 2.00. The second-order valence-corrected chi connectivity index (χ2v) is 6.58. The molecule has 0 radical (unpaired) electrons. The van der Waals surface area contributed by atoms with Crippen LogP contribution in [0.3, 0.4) is 0 Å². The number of nitrogens with zero attached hydrogens (tertiary/aromatic N) is 2. The first kappa shape index (κ1) is 17.1. The zero-order valence-electron chi connectivity index (χ0n) is 14.6. The van der Waals surface area contributed by atoms with Gasteiger partial charge in [-0.2, -0.15) is 4.98 Å². The van der Waals surface area contributed by atoms with Crippen LogP contribution in [0.4, 0.5) is 11.8 Å². The molecule has 0 amide bonds. The molecule has 0 aliphatic heterocycles. The maximum Gasteiger partial charge on any atom is 0.224 e. The number of methoxy groups -OCH3 is 1. The molecule has 0 atom stereocenters. The summed E-state index contributed by atoms with van der Waals surface area (Å²) in [6, 6.07) is 10.0. The number of nitrogens with one attached hydrogen (secondary N) is 2. The van der Waals surface area contributed by atoms with Crippen LogP contribution in [0.15, 0.2) is 30.3 Å². The van der Waals surface area contributed by atoms with Gasteiger partial charge >= 0.3 is 0 Å². The Morgan fingerprint density at radius 1 is 1.13 bits per heavy atom. The summed E-state index contributed by atoms with van der Waals surface area (Å²) in [5.41, 5.74) is 2.07. The smallest absolute Gasteiger partial charge is 0.224 e. The Morgan fingerprint density at radius 2 is 1.87 bits per heavy atom. The van der Waals surface area contributed by atoms with Crippen molar-refractivity contribution in [3.63, 3.8) is 0 Å². The van der Waals surface area contributed by atoms with Gasteiger partial charge in [0, 0.05) is 23.8 Å². The SMILES string of the molecule is COc1ccccc1CCNc1nc(C)cc(NC(C)(C)C)n1. The van der Waals surface area contributed by atoms with Gasteiger partial charge < -0.3 is 15.4 Å². The van der Waals surface area contributed by atoms with Crippen LogP contribution in [0.25, 0.3) is 0 Å². The van der Waals surface area contributed by atoms with Crippen LogP contribution in [0.2, 0.25) is 0 Å². The van der Waals surface area contributed by atoms with E-state index in [9.17, 15) is 0 Å². The number of para-hydroxylation sites is 1. The van der Waals surface area contributed by atoms with E-state index in [1.54, 1.807) is 7.11 Å². The van der Waals surface area contributed by atoms with Crippen molar-refractivity contribution in [1.29, 1.82) is 0 Å². The summed E-state index contributed by atoms with van der Waals surface area (Å²) < 4.78 is 5.37. The predicted octanol–water partition coefficient (Wildman–Crippen LogP) is 3.66. The fourth-order valence-corrected chi connectivity index (χ4v) is 2.31. The Bertz CT molecular complexity index is 650. The van der Waals surface area contributed by atoms with Gasteiger partial charge in [-0.1, -0.05) is 18.2 Å². The van der Waals surface area contributed by atoms with Crippen LogP contribution < -0.4 is 15.4 Å². The molecule has 0 unspecified atom stereocenters. The Labute approximate surface area is 138 Å². The second-order valence-electron chi connectivity index (χ2n) is 6.58. The zero-order chi connectivity index (χ0) is 16.9. The van der Waals surface area contributed by atoms with E-state index in [1.807, 2.05) is 31.2 Å². The quantitative estimate of drug-likeness (QED) is 0.852. The summed E-state index contributed by atoms with van der Waals surface area (Å²) in [6.07, 6.45) is 0.851. The van der Waals surface area contributed by atoms with E-state index in [0.29, 0.717) is 5.95 Å². The molecular formula is C18H26N4O. The molecule has 0 saturated carbocycles. The molecule has 0 saturated heterocycles. The maximum absolute atomic E-state index is 5.37. The number of ether oxygens (including phenoxy) is 1. The van der Waals surface area contributed by atoms with Gasteiger partial charge in [-0.05, 0) is 45.7 Å². The average molecular weight is 314 g/mol. The minimum absolute atomic E-state index is 0.0323. The highest BCUT2D eigenvalue weighted by Crippen LogP contribution is 2.18. The van der Waals surface area contributed by atoms with Crippen molar-refractivity contribution in [3.8, 4) is 5.75 Å². The lowest BCUT2D eigenvalue weighted by atomic mass is 10.1. The first-order valence-electron chi connectivity index (χ1n) is 7.87. The van der Waals surface area contributed by atoms with E-state index >= 15 is 0 Å². The maximum atomic E-state index is 5.37. The fraction of sp³-hybridized carbons (Fsp3) is 0.444. The lowest BCUT2D eigenvalue weighted by molar-refractivity contribution is 0.410. The molecule has 1 heterocycles.